The zero-order valence-corrected chi connectivity index (χ0v) is 14.6. The number of hydrogen-bond donors (Lipinski definition) is 2. The minimum Gasteiger partial charge on any atom is -0.497 e. The van der Waals surface area contributed by atoms with Gasteiger partial charge in [0.05, 0.1) is 13.0 Å². The SMILES string of the molecule is COc1ccc(-c2cccc(C(=O)N[C@@H]3CC=CC[C@H]3C(N)=O)c2)cc1. The monoisotopic (exact) mass is 350 g/mol. The summed E-state index contributed by atoms with van der Waals surface area (Å²) >= 11 is 0. The van der Waals surface area contributed by atoms with E-state index in [1.807, 2.05) is 54.6 Å². The third-order valence-electron chi connectivity index (χ3n) is 4.66. The zero-order valence-electron chi connectivity index (χ0n) is 14.6. The summed E-state index contributed by atoms with van der Waals surface area (Å²) in [5.41, 5.74) is 7.95. The summed E-state index contributed by atoms with van der Waals surface area (Å²) < 4.78 is 5.17. The van der Waals surface area contributed by atoms with Crippen LogP contribution in [-0.4, -0.2) is 25.0 Å². The number of methoxy groups -OCH3 is 1. The predicted molar refractivity (Wildman–Crippen MR) is 101 cm³/mol. The molecule has 0 saturated heterocycles. The highest BCUT2D eigenvalue weighted by atomic mass is 16.5. The number of nitrogens with two attached hydrogens (primary N) is 1. The first-order chi connectivity index (χ1) is 12.6. The Morgan fingerprint density at radius 1 is 1.04 bits per heavy atom. The number of allylic oxidation sites excluding steroid dienone is 1. The topological polar surface area (TPSA) is 81.4 Å². The molecule has 2 aromatic carbocycles. The number of carbonyl (C=O) groups excluding carboxylic acids is 2. The van der Waals surface area contributed by atoms with Crippen molar-refractivity contribution < 1.29 is 14.3 Å². The second kappa shape index (κ2) is 7.87. The molecule has 0 heterocycles. The van der Waals surface area contributed by atoms with E-state index in [1.54, 1.807) is 13.2 Å². The Bertz CT molecular complexity index is 827. The molecule has 5 nitrogen and oxygen atoms in total. The first-order valence-corrected chi connectivity index (χ1v) is 8.58. The van der Waals surface area contributed by atoms with Crippen LogP contribution in [0, 0.1) is 5.92 Å². The van der Waals surface area contributed by atoms with Crippen LogP contribution >= 0.6 is 0 Å². The number of carbonyl (C=O) groups is 2. The van der Waals surface area contributed by atoms with Crippen molar-refractivity contribution >= 4 is 11.8 Å². The first kappa shape index (κ1) is 17.7. The number of hydrogen-bond acceptors (Lipinski definition) is 3. The van der Waals surface area contributed by atoms with Gasteiger partial charge in [-0.3, -0.25) is 9.59 Å². The van der Waals surface area contributed by atoms with Crippen molar-refractivity contribution in [1.29, 1.82) is 0 Å². The highest BCUT2D eigenvalue weighted by molar-refractivity contribution is 5.96. The lowest BCUT2D eigenvalue weighted by molar-refractivity contribution is -0.122. The average molecular weight is 350 g/mol. The normalized spacial score (nSPS) is 19.0. The Morgan fingerprint density at radius 2 is 1.77 bits per heavy atom. The molecule has 2 atom stereocenters. The van der Waals surface area contributed by atoms with Gasteiger partial charge in [0.1, 0.15) is 5.75 Å². The Hall–Kier alpha value is -3.08. The fourth-order valence-electron chi connectivity index (χ4n) is 3.16. The summed E-state index contributed by atoms with van der Waals surface area (Å²) in [5, 5.41) is 2.95. The van der Waals surface area contributed by atoms with Gasteiger partial charge >= 0.3 is 0 Å². The zero-order chi connectivity index (χ0) is 18.5. The lowest BCUT2D eigenvalue weighted by atomic mass is 9.88. The third-order valence-corrected chi connectivity index (χ3v) is 4.66. The standard InChI is InChI=1S/C21H22N2O3/c1-26-17-11-9-14(10-12-17)15-5-4-6-16(13-15)21(25)23-19-8-3-2-7-18(19)20(22)24/h2-6,9-13,18-19H,7-8H2,1H3,(H2,22,24)(H,23,25)/t18-,19-/m1/s1. The molecule has 0 aliphatic heterocycles. The number of primary amides is 1. The lowest BCUT2D eigenvalue weighted by Gasteiger charge is -2.27. The molecule has 3 N–H and O–H groups in total. The van der Waals surface area contributed by atoms with Crippen molar-refractivity contribution in [2.75, 3.05) is 7.11 Å². The van der Waals surface area contributed by atoms with Gasteiger partial charge in [0.15, 0.2) is 0 Å². The van der Waals surface area contributed by atoms with Crippen LogP contribution in [0.1, 0.15) is 23.2 Å². The van der Waals surface area contributed by atoms with E-state index >= 15 is 0 Å². The van der Waals surface area contributed by atoms with Gasteiger partial charge in [-0.15, -0.1) is 0 Å². The molecule has 0 fully saturated rings. The van der Waals surface area contributed by atoms with E-state index in [2.05, 4.69) is 5.32 Å². The van der Waals surface area contributed by atoms with Crippen molar-refractivity contribution in [3.05, 3.63) is 66.2 Å². The van der Waals surface area contributed by atoms with Gasteiger partial charge in [-0.1, -0.05) is 36.4 Å². The van der Waals surface area contributed by atoms with Crippen LogP contribution in [0.4, 0.5) is 0 Å². The van der Waals surface area contributed by atoms with Crippen LogP contribution in [0.25, 0.3) is 11.1 Å². The molecule has 0 aromatic heterocycles. The average Bonchev–Trinajstić information content (AvgIpc) is 2.68. The van der Waals surface area contributed by atoms with Crippen molar-refractivity contribution in [3.8, 4) is 16.9 Å². The maximum Gasteiger partial charge on any atom is 0.251 e. The van der Waals surface area contributed by atoms with Crippen molar-refractivity contribution in [2.45, 2.75) is 18.9 Å². The Kier molecular flexibility index (Phi) is 5.37. The summed E-state index contributed by atoms with van der Waals surface area (Å²) in [6, 6.07) is 14.8. The molecule has 0 saturated carbocycles. The van der Waals surface area contributed by atoms with Gasteiger partial charge in [-0.25, -0.2) is 0 Å². The minimum absolute atomic E-state index is 0.202. The molecule has 1 aliphatic carbocycles. The molecule has 0 radical (unpaired) electrons. The molecular formula is C21H22N2O3. The number of nitrogens with one attached hydrogen (secondary N) is 1. The van der Waals surface area contributed by atoms with E-state index < -0.39 is 0 Å². The molecule has 0 bridgehead atoms. The summed E-state index contributed by atoms with van der Waals surface area (Å²) in [5.74, 6) is -0.169. The number of amides is 2. The van der Waals surface area contributed by atoms with Crippen molar-refractivity contribution in [1.82, 2.24) is 5.32 Å². The molecule has 134 valence electrons. The van der Waals surface area contributed by atoms with Crippen LogP contribution in [0.3, 0.4) is 0 Å². The minimum atomic E-state index is -0.383. The Labute approximate surface area is 152 Å². The summed E-state index contributed by atoms with van der Waals surface area (Å²) in [4.78, 5) is 24.3. The predicted octanol–water partition coefficient (Wildman–Crippen LogP) is 2.91. The quantitative estimate of drug-likeness (QED) is 0.814. The summed E-state index contributed by atoms with van der Waals surface area (Å²) in [6.45, 7) is 0. The number of benzene rings is 2. The van der Waals surface area contributed by atoms with Gasteiger partial charge in [0.25, 0.3) is 5.91 Å². The van der Waals surface area contributed by atoms with Crippen molar-refractivity contribution in [2.24, 2.45) is 11.7 Å². The van der Waals surface area contributed by atoms with E-state index in [0.717, 1.165) is 16.9 Å². The van der Waals surface area contributed by atoms with Gasteiger partial charge in [-0.05, 0) is 48.2 Å². The van der Waals surface area contributed by atoms with E-state index in [4.69, 9.17) is 10.5 Å². The van der Waals surface area contributed by atoms with Crippen LogP contribution in [-0.2, 0) is 4.79 Å². The van der Waals surface area contributed by atoms with E-state index in [0.29, 0.717) is 18.4 Å². The van der Waals surface area contributed by atoms with Gasteiger partial charge < -0.3 is 15.8 Å². The van der Waals surface area contributed by atoms with Crippen LogP contribution in [0.2, 0.25) is 0 Å². The first-order valence-electron chi connectivity index (χ1n) is 8.58. The molecule has 2 amide bonds. The smallest absolute Gasteiger partial charge is 0.251 e. The van der Waals surface area contributed by atoms with E-state index in [1.165, 1.54) is 0 Å². The highest BCUT2D eigenvalue weighted by Gasteiger charge is 2.28. The Balaban J connectivity index is 1.77. The van der Waals surface area contributed by atoms with Gasteiger partial charge in [0, 0.05) is 11.6 Å². The number of rotatable bonds is 5. The maximum absolute atomic E-state index is 12.7. The van der Waals surface area contributed by atoms with Crippen molar-refractivity contribution in [3.63, 3.8) is 0 Å². The highest BCUT2D eigenvalue weighted by Crippen LogP contribution is 2.24. The fraction of sp³-hybridized carbons (Fsp3) is 0.238. The lowest BCUT2D eigenvalue weighted by Crippen LogP contribution is -2.46. The second-order valence-corrected chi connectivity index (χ2v) is 6.34. The summed E-state index contributed by atoms with van der Waals surface area (Å²) in [7, 11) is 1.62. The van der Waals surface area contributed by atoms with E-state index in [-0.39, 0.29) is 23.8 Å². The molecule has 1 aliphatic rings. The molecule has 3 rings (SSSR count). The summed E-state index contributed by atoms with van der Waals surface area (Å²) in [6.07, 6.45) is 5.07. The van der Waals surface area contributed by atoms with Crippen LogP contribution in [0.15, 0.2) is 60.7 Å². The largest absolute Gasteiger partial charge is 0.497 e. The van der Waals surface area contributed by atoms with Crippen LogP contribution in [0.5, 0.6) is 5.75 Å². The Morgan fingerprint density at radius 3 is 2.46 bits per heavy atom. The molecule has 0 unspecified atom stereocenters. The van der Waals surface area contributed by atoms with Crippen LogP contribution < -0.4 is 15.8 Å². The second-order valence-electron chi connectivity index (χ2n) is 6.34. The van der Waals surface area contributed by atoms with E-state index in [9.17, 15) is 9.59 Å². The molecular weight excluding hydrogens is 328 g/mol. The molecule has 26 heavy (non-hydrogen) atoms. The van der Waals surface area contributed by atoms with Gasteiger partial charge in [-0.2, -0.15) is 0 Å². The third kappa shape index (κ3) is 3.94. The van der Waals surface area contributed by atoms with Gasteiger partial charge in [0.2, 0.25) is 5.91 Å². The molecule has 5 heteroatoms. The fourth-order valence-corrected chi connectivity index (χ4v) is 3.16. The maximum atomic E-state index is 12.7. The molecule has 0 spiro atoms. The molecule has 2 aromatic rings. The number of ether oxygens (including phenoxy) is 1.